The van der Waals surface area contributed by atoms with Gasteiger partial charge in [-0.3, -0.25) is 4.79 Å². The van der Waals surface area contributed by atoms with Crippen molar-refractivity contribution >= 4 is 5.78 Å². The standard InChI is InChI=1S/C10H17N.C7H10O/c1-2-5-10(11)7-8-3-4-9(10)6-8;8-7-4-5-1-2-6(7)3-5/h2,8-9H,1,3-7,11H2;5-6H,1-4H2. The molecule has 4 aliphatic carbocycles. The second kappa shape index (κ2) is 5.05. The Morgan fingerprint density at radius 2 is 2.00 bits per heavy atom. The molecule has 5 unspecified atom stereocenters. The molecule has 0 aromatic carbocycles. The van der Waals surface area contributed by atoms with Crippen LogP contribution in [0.3, 0.4) is 0 Å². The van der Waals surface area contributed by atoms with E-state index in [1.165, 1.54) is 44.9 Å². The van der Waals surface area contributed by atoms with E-state index in [0.29, 0.717) is 11.7 Å². The number of carbonyl (C=O) groups excluding carboxylic acids is 1. The van der Waals surface area contributed by atoms with Crippen molar-refractivity contribution in [1.82, 2.24) is 0 Å². The molecule has 106 valence electrons. The molecule has 2 heteroatoms. The highest BCUT2D eigenvalue weighted by atomic mass is 16.1. The molecule has 0 spiro atoms. The van der Waals surface area contributed by atoms with E-state index < -0.39 is 0 Å². The van der Waals surface area contributed by atoms with Gasteiger partial charge in [-0.2, -0.15) is 0 Å². The van der Waals surface area contributed by atoms with Gasteiger partial charge >= 0.3 is 0 Å². The van der Waals surface area contributed by atoms with Gasteiger partial charge in [-0.25, -0.2) is 0 Å². The number of hydrogen-bond donors (Lipinski definition) is 1. The van der Waals surface area contributed by atoms with Crippen molar-refractivity contribution in [2.45, 2.75) is 63.3 Å². The van der Waals surface area contributed by atoms with Crippen molar-refractivity contribution in [3.05, 3.63) is 12.7 Å². The highest BCUT2D eigenvalue weighted by Crippen LogP contribution is 2.50. The molecule has 4 bridgehead atoms. The average molecular weight is 261 g/mol. The molecule has 0 amide bonds. The van der Waals surface area contributed by atoms with Crippen molar-refractivity contribution < 1.29 is 4.79 Å². The molecule has 0 saturated heterocycles. The molecule has 2 N–H and O–H groups in total. The molecule has 4 rings (SSSR count). The highest BCUT2D eigenvalue weighted by molar-refractivity contribution is 5.84. The Hall–Kier alpha value is -0.630. The summed E-state index contributed by atoms with van der Waals surface area (Å²) in [7, 11) is 0. The lowest BCUT2D eigenvalue weighted by Crippen LogP contribution is -2.44. The van der Waals surface area contributed by atoms with Gasteiger partial charge in [0.15, 0.2) is 0 Å². The van der Waals surface area contributed by atoms with Gasteiger partial charge in [0.05, 0.1) is 0 Å². The third-order valence-corrected chi connectivity index (χ3v) is 6.03. The van der Waals surface area contributed by atoms with Crippen LogP contribution in [0.4, 0.5) is 0 Å². The minimum absolute atomic E-state index is 0.144. The predicted molar refractivity (Wildman–Crippen MR) is 77.6 cm³/mol. The summed E-state index contributed by atoms with van der Waals surface area (Å²) >= 11 is 0. The number of rotatable bonds is 2. The number of nitrogens with two attached hydrogens (primary N) is 1. The van der Waals surface area contributed by atoms with Crippen LogP contribution >= 0.6 is 0 Å². The quantitative estimate of drug-likeness (QED) is 0.774. The van der Waals surface area contributed by atoms with E-state index in [1.54, 1.807) is 0 Å². The summed E-state index contributed by atoms with van der Waals surface area (Å²) in [6.07, 6.45) is 13.1. The van der Waals surface area contributed by atoms with Gasteiger partial charge in [-0.1, -0.05) is 12.5 Å². The Morgan fingerprint density at radius 1 is 1.21 bits per heavy atom. The van der Waals surface area contributed by atoms with E-state index in [4.69, 9.17) is 5.73 Å². The molecular formula is C17H27NO. The lowest BCUT2D eigenvalue weighted by Gasteiger charge is -2.32. The smallest absolute Gasteiger partial charge is 0.136 e. The zero-order chi connectivity index (χ0) is 13.5. The molecule has 0 aromatic rings. The van der Waals surface area contributed by atoms with Gasteiger partial charge in [0.2, 0.25) is 0 Å². The SMILES string of the molecule is C=CCC1(N)CC2CCC1C2.O=C1CC2CCC1C2. The average Bonchev–Trinajstić information content (AvgIpc) is 3.08. The molecular weight excluding hydrogens is 234 g/mol. The number of ketones is 1. The van der Waals surface area contributed by atoms with Crippen molar-refractivity contribution in [1.29, 1.82) is 0 Å². The largest absolute Gasteiger partial charge is 0.325 e. The van der Waals surface area contributed by atoms with Crippen molar-refractivity contribution in [3.8, 4) is 0 Å². The number of hydrogen-bond acceptors (Lipinski definition) is 2. The maximum atomic E-state index is 10.8. The fourth-order valence-corrected chi connectivity index (χ4v) is 5.01. The van der Waals surface area contributed by atoms with E-state index in [-0.39, 0.29) is 5.54 Å². The van der Waals surface area contributed by atoms with E-state index in [9.17, 15) is 4.79 Å². The summed E-state index contributed by atoms with van der Waals surface area (Å²) < 4.78 is 0. The Kier molecular flexibility index (Phi) is 3.55. The first-order valence-corrected chi connectivity index (χ1v) is 8.03. The summed E-state index contributed by atoms with van der Waals surface area (Å²) in [5.41, 5.74) is 6.43. The van der Waals surface area contributed by atoms with Gasteiger partial charge < -0.3 is 5.73 Å². The number of carbonyl (C=O) groups is 1. The van der Waals surface area contributed by atoms with Crippen molar-refractivity contribution in [3.63, 3.8) is 0 Å². The molecule has 4 fully saturated rings. The molecule has 0 heterocycles. The number of fused-ring (bicyclic) bond motifs is 4. The monoisotopic (exact) mass is 261 g/mol. The predicted octanol–water partition coefficient (Wildman–Crippen LogP) is 3.46. The minimum Gasteiger partial charge on any atom is -0.325 e. The van der Waals surface area contributed by atoms with Gasteiger partial charge in [0.1, 0.15) is 5.78 Å². The van der Waals surface area contributed by atoms with Crippen LogP contribution in [0.5, 0.6) is 0 Å². The van der Waals surface area contributed by atoms with Crippen LogP contribution in [0.15, 0.2) is 12.7 Å². The third-order valence-electron chi connectivity index (χ3n) is 6.03. The van der Waals surface area contributed by atoms with Gasteiger partial charge in [-0.15, -0.1) is 6.58 Å². The fraction of sp³-hybridized carbons (Fsp3) is 0.824. The molecule has 0 aromatic heterocycles. The molecule has 0 radical (unpaired) electrons. The first-order valence-electron chi connectivity index (χ1n) is 8.03. The zero-order valence-corrected chi connectivity index (χ0v) is 11.9. The highest BCUT2D eigenvalue weighted by Gasteiger charge is 2.47. The minimum atomic E-state index is 0.144. The lowest BCUT2D eigenvalue weighted by atomic mass is 9.79. The van der Waals surface area contributed by atoms with Gasteiger partial charge in [0.25, 0.3) is 0 Å². The third kappa shape index (κ3) is 2.52. The molecule has 4 aliphatic rings. The maximum absolute atomic E-state index is 10.8. The Balaban J connectivity index is 0.000000122. The zero-order valence-electron chi connectivity index (χ0n) is 11.9. The van der Waals surface area contributed by atoms with Crippen molar-refractivity contribution in [2.24, 2.45) is 29.4 Å². The molecule has 0 aliphatic heterocycles. The van der Waals surface area contributed by atoms with Crippen LogP contribution in [0.2, 0.25) is 0 Å². The van der Waals surface area contributed by atoms with Crippen LogP contribution in [0, 0.1) is 23.7 Å². The molecule has 4 saturated carbocycles. The fourth-order valence-electron chi connectivity index (χ4n) is 5.01. The summed E-state index contributed by atoms with van der Waals surface area (Å²) in [4.78, 5) is 10.8. The van der Waals surface area contributed by atoms with Crippen LogP contribution in [0.1, 0.15) is 57.8 Å². The normalized spacial score (nSPS) is 46.3. The Bertz CT molecular complexity index is 377. The Labute approximate surface area is 116 Å². The topological polar surface area (TPSA) is 43.1 Å². The lowest BCUT2D eigenvalue weighted by molar-refractivity contribution is -0.121. The van der Waals surface area contributed by atoms with Crippen LogP contribution < -0.4 is 5.73 Å². The van der Waals surface area contributed by atoms with Crippen LogP contribution in [0.25, 0.3) is 0 Å². The Morgan fingerprint density at radius 3 is 2.37 bits per heavy atom. The van der Waals surface area contributed by atoms with E-state index >= 15 is 0 Å². The summed E-state index contributed by atoms with van der Waals surface area (Å²) in [5.74, 6) is 3.60. The van der Waals surface area contributed by atoms with Crippen LogP contribution in [-0.2, 0) is 4.79 Å². The summed E-state index contributed by atoms with van der Waals surface area (Å²) in [5, 5.41) is 0. The van der Waals surface area contributed by atoms with E-state index in [1.807, 2.05) is 6.08 Å². The molecule has 2 nitrogen and oxygen atoms in total. The first kappa shape index (κ1) is 13.4. The molecule has 5 atom stereocenters. The second-order valence-corrected chi connectivity index (χ2v) is 7.35. The maximum Gasteiger partial charge on any atom is 0.136 e. The second-order valence-electron chi connectivity index (χ2n) is 7.35. The molecule has 19 heavy (non-hydrogen) atoms. The summed E-state index contributed by atoms with van der Waals surface area (Å²) in [6, 6.07) is 0. The first-order chi connectivity index (χ1) is 9.10. The van der Waals surface area contributed by atoms with Gasteiger partial charge in [0, 0.05) is 17.9 Å². The van der Waals surface area contributed by atoms with Crippen LogP contribution in [-0.4, -0.2) is 11.3 Å². The number of Topliss-reactive ketones (excluding diaryl/α,β-unsaturated/α-hetero) is 1. The van der Waals surface area contributed by atoms with Crippen molar-refractivity contribution in [2.75, 3.05) is 0 Å². The van der Waals surface area contributed by atoms with E-state index in [0.717, 1.165) is 30.6 Å². The van der Waals surface area contributed by atoms with Gasteiger partial charge in [-0.05, 0) is 62.7 Å². The summed E-state index contributed by atoms with van der Waals surface area (Å²) in [6.45, 7) is 3.77. The van der Waals surface area contributed by atoms with E-state index in [2.05, 4.69) is 6.58 Å².